The zero-order valence-electron chi connectivity index (χ0n) is 14.6. The molecule has 0 saturated heterocycles. The smallest absolute Gasteiger partial charge is 0.277 e. The molecule has 0 aliphatic heterocycles. The molecule has 12 heteroatoms. The zero-order valence-corrected chi connectivity index (χ0v) is 15.4. The number of nitro groups is 2. The fourth-order valence-corrected chi connectivity index (χ4v) is 2.38. The Morgan fingerprint density at radius 1 is 1.00 bits per heavy atom. The highest BCUT2D eigenvalue weighted by atomic mass is 32.1. The molecular weight excluding hydrogens is 392 g/mol. The number of rotatable bonds is 6. The molecule has 2 aromatic rings. The summed E-state index contributed by atoms with van der Waals surface area (Å²) in [7, 11) is 2.91. The summed E-state index contributed by atoms with van der Waals surface area (Å²) in [4.78, 5) is 32.5. The molecule has 0 saturated carbocycles. The van der Waals surface area contributed by atoms with Crippen LogP contribution in [0.1, 0.15) is 10.4 Å². The van der Waals surface area contributed by atoms with Gasteiger partial charge < -0.3 is 14.8 Å². The summed E-state index contributed by atoms with van der Waals surface area (Å²) in [6.07, 6.45) is 0. The number of hydrogen-bond acceptors (Lipinski definition) is 8. The van der Waals surface area contributed by atoms with Crippen LogP contribution in [0.25, 0.3) is 0 Å². The summed E-state index contributed by atoms with van der Waals surface area (Å²) >= 11 is 5.06. The third-order valence-corrected chi connectivity index (χ3v) is 3.67. The van der Waals surface area contributed by atoms with Crippen LogP contribution in [0.4, 0.5) is 17.1 Å². The summed E-state index contributed by atoms with van der Waals surface area (Å²) < 4.78 is 10.3. The molecule has 0 fully saturated rings. The first-order chi connectivity index (χ1) is 13.2. The van der Waals surface area contributed by atoms with Crippen molar-refractivity contribution in [2.24, 2.45) is 0 Å². The highest BCUT2D eigenvalue weighted by Crippen LogP contribution is 2.29. The molecule has 2 aromatic carbocycles. The van der Waals surface area contributed by atoms with E-state index in [0.29, 0.717) is 17.2 Å². The molecule has 2 N–H and O–H groups in total. The van der Waals surface area contributed by atoms with E-state index in [-0.39, 0.29) is 10.7 Å². The first-order valence-electron chi connectivity index (χ1n) is 7.53. The average Bonchev–Trinajstić information content (AvgIpc) is 2.67. The Morgan fingerprint density at radius 3 is 2.11 bits per heavy atom. The monoisotopic (exact) mass is 406 g/mol. The quantitative estimate of drug-likeness (QED) is 0.420. The van der Waals surface area contributed by atoms with E-state index in [9.17, 15) is 25.0 Å². The van der Waals surface area contributed by atoms with Gasteiger partial charge in [0.25, 0.3) is 17.3 Å². The van der Waals surface area contributed by atoms with Gasteiger partial charge in [-0.05, 0) is 24.4 Å². The molecular formula is C16H14N4O7S. The maximum absolute atomic E-state index is 12.3. The Hall–Kier alpha value is -3.80. The minimum Gasteiger partial charge on any atom is -0.497 e. The van der Waals surface area contributed by atoms with Gasteiger partial charge in [0.1, 0.15) is 11.5 Å². The Bertz CT molecular complexity index is 932. The van der Waals surface area contributed by atoms with Crippen molar-refractivity contribution in [1.29, 1.82) is 0 Å². The van der Waals surface area contributed by atoms with Crippen LogP contribution in [-0.4, -0.2) is 35.1 Å². The zero-order chi connectivity index (χ0) is 20.8. The van der Waals surface area contributed by atoms with Crippen LogP contribution in [0.2, 0.25) is 0 Å². The van der Waals surface area contributed by atoms with E-state index >= 15 is 0 Å². The van der Waals surface area contributed by atoms with Crippen molar-refractivity contribution in [3.05, 3.63) is 62.2 Å². The lowest BCUT2D eigenvalue weighted by atomic mass is 10.1. The lowest BCUT2D eigenvalue weighted by molar-refractivity contribution is -0.394. The van der Waals surface area contributed by atoms with Crippen molar-refractivity contribution in [1.82, 2.24) is 5.32 Å². The number of methoxy groups -OCH3 is 2. The van der Waals surface area contributed by atoms with E-state index in [1.165, 1.54) is 14.2 Å². The molecule has 0 radical (unpaired) electrons. The second kappa shape index (κ2) is 8.73. The molecule has 146 valence electrons. The number of carbonyl (C=O) groups is 1. The van der Waals surface area contributed by atoms with Crippen molar-refractivity contribution in [2.45, 2.75) is 0 Å². The number of carbonyl (C=O) groups excluding carboxylic acids is 1. The van der Waals surface area contributed by atoms with Gasteiger partial charge >= 0.3 is 0 Å². The number of anilines is 1. The SMILES string of the molecule is COc1ccc(OC)c(NC(=S)NC(=O)c2cc([N+](=O)[O-])cc([N+](=O)[O-])c2)c1. The van der Waals surface area contributed by atoms with Crippen molar-refractivity contribution in [3.8, 4) is 11.5 Å². The second-order valence-corrected chi connectivity index (χ2v) is 5.64. The molecule has 0 bridgehead atoms. The second-order valence-electron chi connectivity index (χ2n) is 5.23. The van der Waals surface area contributed by atoms with Gasteiger partial charge in [0.2, 0.25) is 0 Å². The van der Waals surface area contributed by atoms with Gasteiger partial charge in [-0.2, -0.15) is 0 Å². The number of hydrogen-bond donors (Lipinski definition) is 2. The summed E-state index contributed by atoms with van der Waals surface area (Å²) in [6.45, 7) is 0. The van der Waals surface area contributed by atoms with Gasteiger partial charge in [0.15, 0.2) is 5.11 Å². The van der Waals surface area contributed by atoms with Crippen LogP contribution in [0.15, 0.2) is 36.4 Å². The molecule has 0 aliphatic carbocycles. The topological polar surface area (TPSA) is 146 Å². The molecule has 0 heterocycles. The molecule has 0 atom stereocenters. The summed E-state index contributed by atoms with van der Waals surface area (Å²) in [5, 5.41) is 26.8. The number of benzene rings is 2. The van der Waals surface area contributed by atoms with Crippen LogP contribution in [-0.2, 0) is 0 Å². The minimum absolute atomic E-state index is 0.147. The van der Waals surface area contributed by atoms with E-state index in [1.54, 1.807) is 18.2 Å². The molecule has 11 nitrogen and oxygen atoms in total. The molecule has 2 rings (SSSR count). The number of thiocarbonyl (C=S) groups is 1. The predicted molar refractivity (Wildman–Crippen MR) is 103 cm³/mol. The normalized spacial score (nSPS) is 9.93. The molecule has 28 heavy (non-hydrogen) atoms. The van der Waals surface area contributed by atoms with Crippen molar-refractivity contribution in [2.75, 3.05) is 19.5 Å². The van der Waals surface area contributed by atoms with Crippen LogP contribution < -0.4 is 20.1 Å². The number of amides is 1. The van der Waals surface area contributed by atoms with Crippen molar-refractivity contribution >= 4 is 40.3 Å². The van der Waals surface area contributed by atoms with E-state index in [4.69, 9.17) is 21.7 Å². The number of nitrogens with one attached hydrogen (secondary N) is 2. The first kappa shape index (κ1) is 20.5. The summed E-state index contributed by atoms with van der Waals surface area (Å²) in [5.74, 6) is 0.0706. The lowest BCUT2D eigenvalue weighted by Crippen LogP contribution is -2.34. The third kappa shape index (κ3) is 4.88. The largest absolute Gasteiger partial charge is 0.497 e. The Labute approximate surface area is 163 Å². The lowest BCUT2D eigenvalue weighted by Gasteiger charge is -2.14. The Kier molecular flexibility index (Phi) is 6.39. The predicted octanol–water partition coefficient (Wildman–Crippen LogP) is 2.65. The standard InChI is InChI=1S/C16H14N4O7S/c1-26-12-3-4-14(27-2)13(8-12)17-16(28)18-15(21)9-5-10(19(22)23)7-11(6-9)20(24)25/h3-8H,1-2H3,(H2,17,18,21,28). The highest BCUT2D eigenvalue weighted by Gasteiger charge is 2.20. The molecule has 0 spiro atoms. The molecule has 0 aromatic heterocycles. The van der Waals surface area contributed by atoms with Crippen LogP contribution in [0.3, 0.4) is 0 Å². The summed E-state index contributed by atoms with van der Waals surface area (Å²) in [6, 6.07) is 7.45. The van der Waals surface area contributed by atoms with Crippen LogP contribution in [0, 0.1) is 20.2 Å². The molecule has 0 aliphatic rings. The van der Waals surface area contributed by atoms with Gasteiger partial charge in [-0.25, -0.2) is 0 Å². The summed E-state index contributed by atoms with van der Waals surface area (Å²) in [5.41, 5.74) is -1.07. The van der Waals surface area contributed by atoms with Crippen LogP contribution in [0.5, 0.6) is 11.5 Å². The number of ether oxygens (including phenoxy) is 2. The van der Waals surface area contributed by atoms with Crippen molar-refractivity contribution < 1.29 is 24.1 Å². The maximum Gasteiger partial charge on any atom is 0.277 e. The van der Waals surface area contributed by atoms with E-state index in [2.05, 4.69) is 10.6 Å². The fraction of sp³-hybridized carbons (Fsp3) is 0.125. The van der Waals surface area contributed by atoms with Gasteiger partial charge in [0.05, 0.1) is 41.4 Å². The maximum atomic E-state index is 12.3. The van der Waals surface area contributed by atoms with Crippen molar-refractivity contribution in [3.63, 3.8) is 0 Å². The third-order valence-electron chi connectivity index (χ3n) is 3.47. The molecule has 1 amide bonds. The number of non-ortho nitro benzene ring substituents is 2. The fourth-order valence-electron chi connectivity index (χ4n) is 2.18. The van der Waals surface area contributed by atoms with E-state index in [1.807, 2.05) is 0 Å². The van der Waals surface area contributed by atoms with E-state index in [0.717, 1.165) is 18.2 Å². The minimum atomic E-state index is -0.855. The van der Waals surface area contributed by atoms with Gasteiger partial charge in [-0.15, -0.1) is 0 Å². The Morgan fingerprint density at radius 2 is 1.61 bits per heavy atom. The van der Waals surface area contributed by atoms with Crippen LogP contribution >= 0.6 is 12.2 Å². The highest BCUT2D eigenvalue weighted by molar-refractivity contribution is 7.80. The molecule has 0 unspecified atom stereocenters. The number of nitro benzene ring substituents is 2. The van der Waals surface area contributed by atoms with Gasteiger partial charge in [-0.1, -0.05) is 0 Å². The number of nitrogens with zero attached hydrogens (tertiary/aromatic N) is 2. The van der Waals surface area contributed by atoms with E-state index < -0.39 is 27.1 Å². The van der Waals surface area contributed by atoms with Gasteiger partial charge in [0, 0.05) is 18.2 Å². The first-order valence-corrected chi connectivity index (χ1v) is 7.94. The van der Waals surface area contributed by atoms with Gasteiger partial charge in [-0.3, -0.25) is 30.3 Å². The average molecular weight is 406 g/mol. The Balaban J connectivity index is 2.22.